The lowest BCUT2D eigenvalue weighted by Gasteiger charge is -2.12. The highest BCUT2D eigenvalue weighted by Gasteiger charge is 2.14. The lowest BCUT2D eigenvalue weighted by Crippen LogP contribution is -1.93. The Morgan fingerprint density at radius 1 is 1.46 bits per heavy atom. The van der Waals surface area contributed by atoms with Crippen LogP contribution in [0.5, 0.6) is 5.75 Å². The van der Waals surface area contributed by atoms with E-state index in [0.29, 0.717) is 10.8 Å². The van der Waals surface area contributed by atoms with Crippen molar-refractivity contribution < 1.29 is 4.74 Å². The SMILES string of the molecule is COc1cc(Br)cc(Cl)c1C(C)Cl. The van der Waals surface area contributed by atoms with Crippen LogP contribution < -0.4 is 4.74 Å². The van der Waals surface area contributed by atoms with Crippen molar-refractivity contribution >= 4 is 39.1 Å². The van der Waals surface area contributed by atoms with Crippen LogP contribution in [-0.4, -0.2) is 7.11 Å². The first-order chi connectivity index (χ1) is 6.06. The topological polar surface area (TPSA) is 9.23 Å². The second kappa shape index (κ2) is 4.54. The van der Waals surface area contributed by atoms with Crippen LogP contribution in [0.2, 0.25) is 5.02 Å². The molecule has 0 saturated heterocycles. The highest BCUT2D eigenvalue weighted by atomic mass is 79.9. The molecule has 13 heavy (non-hydrogen) atoms. The zero-order valence-corrected chi connectivity index (χ0v) is 10.4. The number of hydrogen-bond acceptors (Lipinski definition) is 1. The molecule has 1 rings (SSSR count). The van der Waals surface area contributed by atoms with Crippen LogP contribution in [0, 0.1) is 0 Å². The van der Waals surface area contributed by atoms with Gasteiger partial charge in [-0.05, 0) is 19.1 Å². The highest BCUT2D eigenvalue weighted by molar-refractivity contribution is 9.10. The number of ether oxygens (including phenoxy) is 1. The molecule has 0 bridgehead atoms. The average Bonchev–Trinajstić information content (AvgIpc) is 2.01. The summed E-state index contributed by atoms with van der Waals surface area (Å²) in [6, 6.07) is 3.65. The molecule has 1 atom stereocenters. The molecular formula is C9H9BrCl2O. The van der Waals surface area contributed by atoms with Gasteiger partial charge in [0, 0.05) is 10.0 Å². The number of benzene rings is 1. The summed E-state index contributed by atoms with van der Waals surface area (Å²) in [7, 11) is 1.60. The predicted molar refractivity (Wildman–Crippen MR) is 60.0 cm³/mol. The molecule has 0 N–H and O–H groups in total. The van der Waals surface area contributed by atoms with Crippen molar-refractivity contribution in [3.8, 4) is 5.75 Å². The largest absolute Gasteiger partial charge is 0.496 e. The molecule has 0 amide bonds. The number of methoxy groups -OCH3 is 1. The van der Waals surface area contributed by atoms with E-state index in [1.165, 1.54) is 0 Å². The molecule has 0 radical (unpaired) electrons. The molecule has 0 heterocycles. The summed E-state index contributed by atoms with van der Waals surface area (Å²) in [6.07, 6.45) is 0. The predicted octanol–water partition coefficient (Wildman–Crippen LogP) is 4.41. The Morgan fingerprint density at radius 2 is 2.08 bits per heavy atom. The van der Waals surface area contributed by atoms with Crippen LogP contribution in [0.3, 0.4) is 0 Å². The average molecular weight is 284 g/mol. The number of hydrogen-bond donors (Lipinski definition) is 0. The quantitative estimate of drug-likeness (QED) is 0.731. The first kappa shape index (κ1) is 11.2. The van der Waals surface area contributed by atoms with E-state index >= 15 is 0 Å². The molecule has 0 aliphatic rings. The maximum absolute atomic E-state index is 6.01. The van der Waals surface area contributed by atoms with Crippen LogP contribution in [0.25, 0.3) is 0 Å². The minimum absolute atomic E-state index is 0.157. The Hall–Kier alpha value is 0.0800. The van der Waals surface area contributed by atoms with Crippen LogP contribution >= 0.6 is 39.1 Å². The third-order valence-electron chi connectivity index (χ3n) is 1.67. The van der Waals surface area contributed by atoms with Gasteiger partial charge in [-0.3, -0.25) is 0 Å². The summed E-state index contributed by atoms with van der Waals surface area (Å²) >= 11 is 15.3. The van der Waals surface area contributed by atoms with Gasteiger partial charge in [0.1, 0.15) is 5.75 Å². The molecule has 0 aliphatic heterocycles. The van der Waals surface area contributed by atoms with E-state index in [0.717, 1.165) is 10.0 Å². The second-order valence-corrected chi connectivity index (χ2v) is 4.60. The lowest BCUT2D eigenvalue weighted by atomic mass is 10.1. The lowest BCUT2D eigenvalue weighted by molar-refractivity contribution is 0.409. The zero-order valence-electron chi connectivity index (χ0n) is 7.27. The Morgan fingerprint density at radius 3 is 2.54 bits per heavy atom. The Bertz CT molecular complexity index is 313. The molecule has 1 aromatic carbocycles. The van der Waals surface area contributed by atoms with E-state index in [4.69, 9.17) is 27.9 Å². The van der Waals surface area contributed by atoms with Gasteiger partial charge in [0.05, 0.1) is 17.5 Å². The van der Waals surface area contributed by atoms with Crippen molar-refractivity contribution in [2.45, 2.75) is 12.3 Å². The van der Waals surface area contributed by atoms with E-state index in [1.54, 1.807) is 13.2 Å². The minimum atomic E-state index is -0.157. The molecule has 0 aromatic heterocycles. The molecule has 0 spiro atoms. The first-order valence-corrected chi connectivity index (χ1v) is 5.34. The molecule has 0 fully saturated rings. The number of alkyl halides is 1. The van der Waals surface area contributed by atoms with Crippen LogP contribution in [0.1, 0.15) is 17.9 Å². The van der Waals surface area contributed by atoms with E-state index in [-0.39, 0.29) is 5.38 Å². The van der Waals surface area contributed by atoms with Crippen molar-refractivity contribution in [3.05, 3.63) is 27.2 Å². The monoisotopic (exact) mass is 282 g/mol. The molecule has 1 nitrogen and oxygen atoms in total. The molecule has 0 saturated carbocycles. The fourth-order valence-corrected chi connectivity index (χ4v) is 2.34. The molecule has 1 aromatic rings. The van der Waals surface area contributed by atoms with E-state index < -0.39 is 0 Å². The first-order valence-electron chi connectivity index (χ1n) is 3.73. The van der Waals surface area contributed by atoms with E-state index in [2.05, 4.69) is 15.9 Å². The summed E-state index contributed by atoms with van der Waals surface area (Å²) in [4.78, 5) is 0. The molecule has 0 aliphatic carbocycles. The Kier molecular flexibility index (Phi) is 3.89. The summed E-state index contributed by atoms with van der Waals surface area (Å²) in [5.74, 6) is 0.710. The third kappa shape index (κ3) is 2.52. The summed E-state index contributed by atoms with van der Waals surface area (Å²) in [5.41, 5.74) is 0.828. The van der Waals surface area contributed by atoms with Gasteiger partial charge in [0.2, 0.25) is 0 Å². The van der Waals surface area contributed by atoms with E-state index in [9.17, 15) is 0 Å². The van der Waals surface area contributed by atoms with Gasteiger partial charge in [-0.15, -0.1) is 11.6 Å². The van der Waals surface area contributed by atoms with Crippen LogP contribution in [0.4, 0.5) is 0 Å². The van der Waals surface area contributed by atoms with Gasteiger partial charge >= 0.3 is 0 Å². The van der Waals surface area contributed by atoms with Crippen molar-refractivity contribution in [1.29, 1.82) is 0 Å². The molecular weight excluding hydrogens is 275 g/mol. The van der Waals surface area contributed by atoms with Gasteiger partial charge in [0.15, 0.2) is 0 Å². The maximum Gasteiger partial charge on any atom is 0.126 e. The van der Waals surface area contributed by atoms with Crippen LogP contribution in [-0.2, 0) is 0 Å². The minimum Gasteiger partial charge on any atom is -0.496 e. The van der Waals surface area contributed by atoms with Crippen molar-refractivity contribution in [2.24, 2.45) is 0 Å². The summed E-state index contributed by atoms with van der Waals surface area (Å²) in [6.45, 7) is 1.86. The van der Waals surface area contributed by atoms with Crippen molar-refractivity contribution in [2.75, 3.05) is 7.11 Å². The highest BCUT2D eigenvalue weighted by Crippen LogP contribution is 2.37. The third-order valence-corrected chi connectivity index (χ3v) is 2.66. The number of halogens is 3. The molecule has 4 heteroatoms. The number of rotatable bonds is 2. The fraction of sp³-hybridized carbons (Fsp3) is 0.333. The maximum atomic E-state index is 6.01. The van der Waals surface area contributed by atoms with Gasteiger partial charge in [-0.25, -0.2) is 0 Å². The molecule has 1 unspecified atom stereocenters. The van der Waals surface area contributed by atoms with Crippen molar-refractivity contribution in [3.63, 3.8) is 0 Å². The zero-order chi connectivity index (χ0) is 10.0. The normalized spacial score (nSPS) is 12.7. The van der Waals surface area contributed by atoms with Crippen molar-refractivity contribution in [1.82, 2.24) is 0 Å². The van der Waals surface area contributed by atoms with Gasteiger partial charge in [-0.2, -0.15) is 0 Å². The molecule has 72 valence electrons. The van der Waals surface area contributed by atoms with Crippen LogP contribution in [0.15, 0.2) is 16.6 Å². The smallest absolute Gasteiger partial charge is 0.126 e. The summed E-state index contributed by atoms with van der Waals surface area (Å²) < 4.78 is 6.05. The summed E-state index contributed by atoms with van der Waals surface area (Å²) in [5, 5.41) is 0.462. The second-order valence-electron chi connectivity index (χ2n) is 2.62. The Balaban J connectivity index is 3.30. The Labute approximate surface area is 96.1 Å². The fourth-order valence-electron chi connectivity index (χ4n) is 1.12. The van der Waals surface area contributed by atoms with Gasteiger partial charge in [-0.1, -0.05) is 27.5 Å². The van der Waals surface area contributed by atoms with Gasteiger partial charge < -0.3 is 4.74 Å². The standard InChI is InChI=1S/C9H9BrCl2O/c1-5(11)9-7(12)3-6(10)4-8(9)13-2/h3-5H,1-2H3. The van der Waals surface area contributed by atoms with E-state index in [1.807, 2.05) is 13.0 Å². The van der Waals surface area contributed by atoms with Gasteiger partial charge in [0.25, 0.3) is 0 Å².